The molecule has 0 aliphatic carbocycles. The minimum atomic E-state index is -4.95. The Morgan fingerprint density at radius 3 is 0.756 bits per heavy atom. The summed E-state index contributed by atoms with van der Waals surface area (Å²) in [6.07, 6.45) is 51.5. The van der Waals surface area contributed by atoms with E-state index in [4.69, 9.17) is 37.0 Å². The number of phosphoric ester groups is 2. The van der Waals surface area contributed by atoms with E-state index in [2.05, 4.69) is 34.6 Å². The van der Waals surface area contributed by atoms with Crippen LogP contribution < -0.4 is 0 Å². The summed E-state index contributed by atoms with van der Waals surface area (Å²) in [7, 11) is -9.89. The van der Waals surface area contributed by atoms with Crippen LogP contribution in [-0.2, 0) is 65.4 Å². The molecule has 0 amide bonds. The maximum atomic E-state index is 13.0. The Kier molecular flexibility index (Phi) is 63.0. The van der Waals surface area contributed by atoms with Crippen molar-refractivity contribution in [2.75, 3.05) is 39.6 Å². The molecule has 534 valence electrons. The SMILES string of the molecule is CCCCCCCCCCCCCCC(=O)OC[C@H](COP(=O)(O)OC[C@@H](O)COP(=O)(O)OC[C@@H](COC(=O)CCCCCCCCC)OC(=O)CCCCCCCCCCCC)OC(=O)CCCCCCCCCCCCCCCCCCCCC(C)C. The first-order chi connectivity index (χ1) is 43.5. The smallest absolute Gasteiger partial charge is 0.462 e. The van der Waals surface area contributed by atoms with Crippen LogP contribution in [0.15, 0.2) is 0 Å². The fourth-order valence-corrected chi connectivity index (χ4v) is 12.4. The van der Waals surface area contributed by atoms with Gasteiger partial charge in [0.2, 0.25) is 0 Å². The van der Waals surface area contributed by atoms with Gasteiger partial charge in [0, 0.05) is 25.7 Å². The van der Waals surface area contributed by atoms with Crippen molar-refractivity contribution < 1.29 is 80.2 Å². The molecule has 90 heavy (non-hydrogen) atoms. The predicted molar refractivity (Wildman–Crippen MR) is 363 cm³/mol. The van der Waals surface area contributed by atoms with Gasteiger partial charge in [-0.15, -0.1) is 0 Å². The summed E-state index contributed by atoms with van der Waals surface area (Å²) in [6.45, 7) is 7.24. The number of carbonyl (C=O) groups is 4. The average molecular weight is 1330 g/mol. The molecule has 0 aromatic carbocycles. The fourth-order valence-electron chi connectivity index (χ4n) is 10.8. The van der Waals surface area contributed by atoms with E-state index in [0.717, 1.165) is 109 Å². The first kappa shape index (κ1) is 88.1. The molecule has 2 unspecified atom stereocenters. The van der Waals surface area contributed by atoms with Crippen LogP contribution >= 0.6 is 15.6 Å². The van der Waals surface area contributed by atoms with Gasteiger partial charge in [-0.3, -0.25) is 37.3 Å². The van der Waals surface area contributed by atoms with E-state index in [1.165, 1.54) is 180 Å². The number of aliphatic hydroxyl groups is 1. The Labute approximate surface area is 549 Å². The number of phosphoric acid groups is 2. The van der Waals surface area contributed by atoms with Crippen molar-refractivity contribution in [1.29, 1.82) is 0 Å². The number of esters is 4. The molecule has 3 N–H and O–H groups in total. The summed E-state index contributed by atoms with van der Waals surface area (Å²) < 4.78 is 68.1. The normalized spacial score (nSPS) is 14.1. The van der Waals surface area contributed by atoms with E-state index in [1.807, 2.05) is 0 Å². The van der Waals surface area contributed by atoms with Gasteiger partial charge in [0.1, 0.15) is 19.3 Å². The molecule has 0 aliphatic heterocycles. The first-order valence-corrected chi connectivity index (χ1v) is 40.1. The number of ether oxygens (including phenoxy) is 4. The Morgan fingerprint density at radius 2 is 0.511 bits per heavy atom. The molecule has 0 radical (unpaired) electrons. The average Bonchev–Trinajstić information content (AvgIpc) is 3.72. The quantitative estimate of drug-likeness (QED) is 0.0222. The van der Waals surface area contributed by atoms with Gasteiger partial charge in [-0.25, -0.2) is 9.13 Å². The minimum Gasteiger partial charge on any atom is -0.462 e. The second-order valence-corrected chi connectivity index (χ2v) is 29.0. The molecule has 0 spiro atoms. The van der Waals surface area contributed by atoms with E-state index in [9.17, 15) is 43.2 Å². The van der Waals surface area contributed by atoms with Gasteiger partial charge in [0.05, 0.1) is 26.4 Å². The maximum Gasteiger partial charge on any atom is 0.472 e. The van der Waals surface area contributed by atoms with Crippen LogP contribution in [0.5, 0.6) is 0 Å². The third-order valence-electron chi connectivity index (χ3n) is 16.5. The summed E-state index contributed by atoms with van der Waals surface area (Å²) in [5, 5.41) is 10.6. The maximum absolute atomic E-state index is 13.0. The van der Waals surface area contributed by atoms with Gasteiger partial charge in [-0.1, -0.05) is 317 Å². The Hall–Kier alpha value is -1.94. The summed E-state index contributed by atoms with van der Waals surface area (Å²) in [4.78, 5) is 72.4. The molecule has 19 heteroatoms. The molecule has 0 fully saturated rings. The van der Waals surface area contributed by atoms with Crippen molar-refractivity contribution >= 4 is 39.5 Å². The number of aliphatic hydroxyl groups excluding tert-OH is 1. The lowest BCUT2D eigenvalue weighted by Crippen LogP contribution is -2.30. The van der Waals surface area contributed by atoms with E-state index >= 15 is 0 Å². The summed E-state index contributed by atoms with van der Waals surface area (Å²) >= 11 is 0. The number of unbranched alkanes of at least 4 members (excludes halogenated alkanes) is 43. The second-order valence-electron chi connectivity index (χ2n) is 26.1. The van der Waals surface area contributed by atoms with Crippen LogP contribution in [0, 0.1) is 5.92 Å². The van der Waals surface area contributed by atoms with Crippen molar-refractivity contribution in [1.82, 2.24) is 0 Å². The van der Waals surface area contributed by atoms with Gasteiger partial charge < -0.3 is 33.8 Å². The van der Waals surface area contributed by atoms with Gasteiger partial charge in [-0.2, -0.15) is 0 Å². The molecular weight excluding hydrogens is 1190 g/mol. The third-order valence-corrected chi connectivity index (χ3v) is 18.4. The van der Waals surface area contributed by atoms with Gasteiger partial charge in [0.15, 0.2) is 12.2 Å². The fraction of sp³-hybridized carbons (Fsp3) is 0.944. The van der Waals surface area contributed by atoms with Crippen molar-refractivity contribution in [3.63, 3.8) is 0 Å². The lowest BCUT2D eigenvalue weighted by Gasteiger charge is -2.21. The summed E-state index contributed by atoms with van der Waals surface area (Å²) in [5.41, 5.74) is 0. The molecule has 0 saturated heterocycles. The molecule has 0 aliphatic rings. The molecular formula is C71H138O17P2. The van der Waals surface area contributed by atoms with Crippen molar-refractivity contribution in [3.8, 4) is 0 Å². The summed E-state index contributed by atoms with van der Waals surface area (Å²) in [6, 6.07) is 0. The topological polar surface area (TPSA) is 237 Å². The highest BCUT2D eigenvalue weighted by Crippen LogP contribution is 2.45. The number of carbonyl (C=O) groups excluding carboxylic acids is 4. The molecule has 17 nitrogen and oxygen atoms in total. The van der Waals surface area contributed by atoms with E-state index in [0.29, 0.717) is 25.7 Å². The van der Waals surface area contributed by atoms with E-state index in [-0.39, 0.29) is 25.7 Å². The largest absolute Gasteiger partial charge is 0.472 e. The van der Waals surface area contributed by atoms with Crippen LogP contribution in [0.2, 0.25) is 0 Å². The van der Waals surface area contributed by atoms with Gasteiger partial charge in [0.25, 0.3) is 0 Å². The van der Waals surface area contributed by atoms with E-state index < -0.39 is 97.5 Å². The lowest BCUT2D eigenvalue weighted by molar-refractivity contribution is -0.161. The standard InChI is InChI=1S/C71H138O17P2/c1-6-9-12-15-18-20-22-32-36-40-45-50-55-69(74)82-61-67(88-71(76)57-52-47-42-37-33-30-28-26-24-23-25-27-29-31-34-39-43-48-53-64(4)5)63-86-90(79,80)84-59-65(72)58-83-89(77,78)85-62-66(60-81-68(73)54-49-44-38-17-14-11-8-3)87-70(75)56-51-46-41-35-21-19-16-13-10-7-2/h64-67,72H,6-63H2,1-5H3,(H,77,78)(H,79,80)/t65-,66+,67+/m0/s1. The predicted octanol–water partition coefficient (Wildman–Crippen LogP) is 20.5. The minimum absolute atomic E-state index is 0.106. The Bertz CT molecular complexity index is 1740. The molecule has 0 aromatic rings. The molecule has 0 saturated carbocycles. The van der Waals surface area contributed by atoms with Crippen LogP contribution in [-0.4, -0.2) is 96.7 Å². The van der Waals surface area contributed by atoms with Gasteiger partial charge in [-0.05, 0) is 31.6 Å². The molecule has 5 atom stereocenters. The van der Waals surface area contributed by atoms with Crippen molar-refractivity contribution in [2.45, 2.75) is 387 Å². The van der Waals surface area contributed by atoms with Crippen LogP contribution in [0.25, 0.3) is 0 Å². The molecule has 0 rings (SSSR count). The Balaban J connectivity index is 5.13. The van der Waals surface area contributed by atoms with Crippen molar-refractivity contribution in [3.05, 3.63) is 0 Å². The highest BCUT2D eigenvalue weighted by molar-refractivity contribution is 7.47. The highest BCUT2D eigenvalue weighted by Gasteiger charge is 2.30. The summed E-state index contributed by atoms with van der Waals surface area (Å²) in [5.74, 6) is -1.31. The van der Waals surface area contributed by atoms with Crippen molar-refractivity contribution in [2.24, 2.45) is 5.92 Å². The molecule has 0 bridgehead atoms. The Morgan fingerprint density at radius 1 is 0.300 bits per heavy atom. The third kappa shape index (κ3) is 64.8. The zero-order chi connectivity index (χ0) is 66.3. The highest BCUT2D eigenvalue weighted by atomic mass is 31.2. The van der Waals surface area contributed by atoms with E-state index in [1.54, 1.807) is 0 Å². The van der Waals surface area contributed by atoms with Gasteiger partial charge >= 0.3 is 39.5 Å². The molecule has 0 aromatic heterocycles. The lowest BCUT2D eigenvalue weighted by atomic mass is 10.0. The molecule has 0 heterocycles. The van der Waals surface area contributed by atoms with Crippen LogP contribution in [0.4, 0.5) is 0 Å². The number of hydrogen-bond donors (Lipinski definition) is 3. The first-order valence-electron chi connectivity index (χ1n) is 37.1. The van der Waals surface area contributed by atoms with Crippen LogP contribution in [0.1, 0.15) is 369 Å². The van der Waals surface area contributed by atoms with Crippen LogP contribution in [0.3, 0.4) is 0 Å². The second kappa shape index (κ2) is 64.4. The monoisotopic (exact) mass is 1320 g/mol. The number of rotatable bonds is 71. The zero-order valence-corrected chi connectivity index (χ0v) is 60.1. The zero-order valence-electron chi connectivity index (χ0n) is 58.3. The number of hydrogen-bond acceptors (Lipinski definition) is 15.